The van der Waals surface area contributed by atoms with Crippen LogP contribution in [0, 0.1) is 18.3 Å². The maximum absolute atomic E-state index is 10.7. The normalized spacial score (nSPS) is 11.9. The first-order valence-corrected chi connectivity index (χ1v) is 4.94. The molecule has 1 amide bonds. The van der Waals surface area contributed by atoms with Crippen molar-refractivity contribution in [3.63, 3.8) is 0 Å². The van der Waals surface area contributed by atoms with Gasteiger partial charge in [-0.3, -0.25) is 9.48 Å². The van der Waals surface area contributed by atoms with E-state index in [0.29, 0.717) is 17.1 Å². The van der Waals surface area contributed by atoms with Crippen molar-refractivity contribution in [3.8, 4) is 6.07 Å². The number of carbonyl (C=O) groups excluding carboxylic acids is 1. The van der Waals surface area contributed by atoms with Gasteiger partial charge in [0.1, 0.15) is 17.5 Å². The maximum atomic E-state index is 10.7. The molecule has 1 heterocycles. The van der Waals surface area contributed by atoms with Crippen LogP contribution < -0.4 is 11.1 Å². The summed E-state index contributed by atoms with van der Waals surface area (Å²) >= 11 is 0. The third-order valence-electron chi connectivity index (χ3n) is 2.22. The summed E-state index contributed by atoms with van der Waals surface area (Å²) in [6.07, 6.45) is 0.217. The van der Waals surface area contributed by atoms with E-state index >= 15 is 0 Å². The molecule has 0 fully saturated rings. The molecular weight excluding hydrogens is 206 g/mol. The minimum absolute atomic E-state index is 0.126. The van der Waals surface area contributed by atoms with Crippen LogP contribution >= 0.6 is 0 Å². The first-order chi connectivity index (χ1) is 7.45. The average molecular weight is 221 g/mol. The third kappa shape index (κ3) is 2.51. The van der Waals surface area contributed by atoms with Gasteiger partial charge in [-0.1, -0.05) is 0 Å². The van der Waals surface area contributed by atoms with E-state index in [9.17, 15) is 4.79 Å². The zero-order valence-electron chi connectivity index (χ0n) is 9.61. The van der Waals surface area contributed by atoms with Gasteiger partial charge in [0, 0.05) is 19.5 Å². The van der Waals surface area contributed by atoms with Gasteiger partial charge in [-0.2, -0.15) is 10.4 Å². The molecule has 3 N–H and O–H groups in total. The van der Waals surface area contributed by atoms with Crippen LogP contribution in [0.3, 0.4) is 0 Å². The highest BCUT2D eigenvalue weighted by Crippen LogP contribution is 2.18. The average Bonchev–Trinajstić information content (AvgIpc) is 2.40. The van der Waals surface area contributed by atoms with Gasteiger partial charge in [0.15, 0.2) is 0 Å². The number of primary amides is 1. The Kier molecular flexibility index (Phi) is 3.51. The van der Waals surface area contributed by atoms with Gasteiger partial charge in [0.2, 0.25) is 5.91 Å². The standard InChI is InChI=1S/C10H15N5O/c1-6(4-9(12)16)13-10-8(5-11)7(2)14-15(10)3/h6,13H,4H2,1-3H3,(H2,12,16). The van der Waals surface area contributed by atoms with Crippen molar-refractivity contribution in [2.45, 2.75) is 26.3 Å². The molecule has 1 unspecified atom stereocenters. The number of nitrogens with zero attached hydrogens (tertiary/aromatic N) is 3. The van der Waals surface area contributed by atoms with E-state index in [2.05, 4.69) is 16.5 Å². The van der Waals surface area contributed by atoms with Crippen molar-refractivity contribution in [3.05, 3.63) is 11.3 Å². The number of nitriles is 1. The van der Waals surface area contributed by atoms with Crippen LogP contribution in [0.1, 0.15) is 24.6 Å². The lowest BCUT2D eigenvalue weighted by atomic mass is 10.2. The molecule has 0 spiro atoms. The molecule has 0 bridgehead atoms. The maximum Gasteiger partial charge on any atom is 0.219 e. The second-order valence-electron chi connectivity index (χ2n) is 3.76. The molecule has 1 atom stereocenters. The summed E-state index contributed by atoms with van der Waals surface area (Å²) in [5.41, 5.74) is 6.26. The van der Waals surface area contributed by atoms with Crippen molar-refractivity contribution >= 4 is 11.7 Å². The lowest BCUT2D eigenvalue weighted by molar-refractivity contribution is -0.118. The predicted molar refractivity (Wildman–Crippen MR) is 59.6 cm³/mol. The monoisotopic (exact) mass is 221 g/mol. The molecule has 6 heteroatoms. The van der Waals surface area contributed by atoms with E-state index in [1.54, 1.807) is 18.7 Å². The molecule has 1 aromatic rings. The van der Waals surface area contributed by atoms with E-state index in [-0.39, 0.29) is 18.4 Å². The van der Waals surface area contributed by atoms with Crippen molar-refractivity contribution < 1.29 is 4.79 Å². The Morgan fingerprint density at radius 1 is 1.75 bits per heavy atom. The highest BCUT2D eigenvalue weighted by Gasteiger charge is 2.15. The Bertz CT molecular complexity index is 443. The largest absolute Gasteiger partial charge is 0.370 e. The zero-order valence-corrected chi connectivity index (χ0v) is 9.61. The van der Waals surface area contributed by atoms with Gasteiger partial charge in [-0.25, -0.2) is 0 Å². The molecule has 16 heavy (non-hydrogen) atoms. The lowest BCUT2D eigenvalue weighted by Gasteiger charge is -2.13. The van der Waals surface area contributed by atoms with E-state index in [0.717, 1.165) is 0 Å². The fourth-order valence-electron chi connectivity index (χ4n) is 1.54. The van der Waals surface area contributed by atoms with E-state index in [1.165, 1.54) is 0 Å². The van der Waals surface area contributed by atoms with Crippen LogP contribution in [0.25, 0.3) is 0 Å². The predicted octanol–water partition coefficient (Wildman–Crippen LogP) is 0.276. The highest BCUT2D eigenvalue weighted by molar-refractivity contribution is 5.75. The molecule has 0 aliphatic heterocycles. The van der Waals surface area contributed by atoms with E-state index < -0.39 is 0 Å². The number of hydrogen-bond donors (Lipinski definition) is 2. The van der Waals surface area contributed by atoms with Crippen LogP contribution in [0.5, 0.6) is 0 Å². The third-order valence-corrected chi connectivity index (χ3v) is 2.22. The molecule has 6 nitrogen and oxygen atoms in total. The summed E-state index contributed by atoms with van der Waals surface area (Å²) < 4.78 is 1.59. The van der Waals surface area contributed by atoms with E-state index in [4.69, 9.17) is 11.0 Å². The summed E-state index contributed by atoms with van der Waals surface area (Å²) in [6, 6.07) is 1.96. The number of aryl methyl sites for hydroxylation is 2. The minimum Gasteiger partial charge on any atom is -0.370 e. The summed E-state index contributed by atoms with van der Waals surface area (Å²) in [6.45, 7) is 3.59. The van der Waals surface area contributed by atoms with Crippen LogP contribution in [-0.2, 0) is 11.8 Å². The Morgan fingerprint density at radius 2 is 2.38 bits per heavy atom. The zero-order chi connectivity index (χ0) is 12.3. The molecule has 0 aliphatic carbocycles. The number of nitrogens with one attached hydrogen (secondary N) is 1. The van der Waals surface area contributed by atoms with Gasteiger partial charge in [0.05, 0.1) is 5.69 Å². The fraction of sp³-hybridized carbons (Fsp3) is 0.500. The summed E-state index contributed by atoms with van der Waals surface area (Å²) in [5, 5.41) is 16.2. The molecule has 0 aromatic carbocycles. The first-order valence-electron chi connectivity index (χ1n) is 4.94. The minimum atomic E-state index is -0.377. The van der Waals surface area contributed by atoms with E-state index in [1.807, 2.05) is 6.92 Å². The summed E-state index contributed by atoms with van der Waals surface area (Å²) in [4.78, 5) is 10.7. The summed E-state index contributed by atoms with van der Waals surface area (Å²) in [7, 11) is 1.74. The lowest BCUT2D eigenvalue weighted by Crippen LogP contribution is -2.25. The Morgan fingerprint density at radius 3 is 2.88 bits per heavy atom. The number of amides is 1. The Hall–Kier alpha value is -2.03. The topological polar surface area (TPSA) is 96.7 Å². The van der Waals surface area contributed by atoms with Crippen molar-refractivity contribution in [1.29, 1.82) is 5.26 Å². The van der Waals surface area contributed by atoms with Gasteiger partial charge in [0.25, 0.3) is 0 Å². The van der Waals surface area contributed by atoms with Crippen LogP contribution in [0.2, 0.25) is 0 Å². The smallest absolute Gasteiger partial charge is 0.219 e. The quantitative estimate of drug-likeness (QED) is 0.762. The van der Waals surface area contributed by atoms with Gasteiger partial charge < -0.3 is 11.1 Å². The Labute approximate surface area is 94.0 Å². The molecule has 1 aromatic heterocycles. The molecular formula is C10H15N5O. The number of aromatic nitrogens is 2. The second kappa shape index (κ2) is 4.66. The number of rotatable bonds is 4. The summed E-state index contributed by atoms with van der Waals surface area (Å²) in [5.74, 6) is 0.242. The van der Waals surface area contributed by atoms with Crippen molar-refractivity contribution in [1.82, 2.24) is 9.78 Å². The number of hydrogen-bond acceptors (Lipinski definition) is 4. The second-order valence-corrected chi connectivity index (χ2v) is 3.76. The first kappa shape index (κ1) is 12.0. The molecule has 0 saturated heterocycles. The SMILES string of the molecule is Cc1nn(C)c(NC(C)CC(N)=O)c1C#N. The van der Waals surface area contributed by atoms with Crippen LogP contribution in [0.15, 0.2) is 0 Å². The van der Waals surface area contributed by atoms with Crippen LogP contribution in [-0.4, -0.2) is 21.7 Å². The number of anilines is 1. The molecule has 0 saturated carbocycles. The van der Waals surface area contributed by atoms with Crippen molar-refractivity contribution in [2.24, 2.45) is 12.8 Å². The van der Waals surface area contributed by atoms with Gasteiger partial charge in [-0.15, -0.1) is 0 Å². The number of nitrogens with two attached hydrogens (primary N) is 1. The van der Waals surface area contributed by atoms with Crippen LogP contribution in [0.4, 0.5) is 5.82 Å². The van der Waals surface area contributed by atoms with Gasteiger partial charge >= 0.3 is 0 Å². The Balaban J connectivity index is 2.89. The molecule has 1 rings (SSSR count). The van der Waals surface area contributed by atoms with Crippen molar-refractivity contribution in [2.75, 3.05) is 5.32 Å². The number of carbonyl (C=O) groups is 1. The highest BCUT2D eigenvalue weighted by atomic mass is 16.1. The molecule has 0 radical (unpaired) electrons. The molecule has 0 aliphatic rings. The molecule has 86 valence electrons. The fourth-order valence-corrected chi connectivity index (χ4v) is 1.54. The van der Waals surface area contributed by atoms with Gasteiger partial charge in [-0.05, 0) is 13.8 Å².